The lowest BCUT2D eigenvalue weighted by Crippen LogP contribution is -2.11. The Balaban J connectivity index is 1.85. The van der Waals surface area contributed by atoms with E-state index < -0.39 is 10.8 Å². The summed E-state index contributed by atoms with van der Waals surface area (Å²) < 4.78 is 10.7. The van der Waals surface area contributed by atoms with Gasteiger partial charge in [0.1, 0.15) is 11.5 Å². The summed E-state index contributed by atoms with van der Waals surface area (Å²) in [6.07, 6.45) is 0. The van der Waals surface area contributed by atoms with Crippen molar-refractivity contribution in [3.05, 3.63) is 74.5 Å². The first-order valence-corrected chi connectivity index (χ1v) is 8.33. The number of non-ortho nitro benzene ring substituents is 1. The highest BCUT2D eigenvalue weighted by atomic mass is 35.5. The van der Waals surface area contributed by atoms with E-state index in [9.17, 15) is 14.9 Å². The molecule has 9 heteroatoms. The van der Waals surface area contributed by atoms with Crippen molar-refractivity contribution in [2.24, 2.45) is 0 Å². The summed E-state index contributed by atoms with van der Waals surface area (Å²) in [7, 11) is 1.35. The zero-order valence-corrected chi connectivity index (χ0v) is 15.4. The molecule has 0 fully saturated rings. The molecule has 3 aromatic rings. The molecule has 0 aliphatic carbocycles. The van der Waals surface area contributed by atoms with Gasteiger partial charge in [-0.25, -0.2) is 0 Å². The quantitative estimate of drug-likeness (QED) is 0.450. The van der Waals surface area contributed by atoms with Crippen LogP contribution in [0.4, 0.5) is 11.4 Å². The van der Waals surface area contributed by atoms with Crippen LogP contribution >= 0.6 is 23.2 Å². The molecule has 1 amide bonds. The first-order chi connectivity index (χ1) is 12.9. The summed E-state index contributed by atoms with van der Waals surface area (Å²) in [5.74, 6) is 0.0125. The molecule has 0 aliphatic rings. The number of hydrogen-bond acceptors (Lipinski definition) is 5. The van der Waals surface area contributed by atoms with E-state index in [1.165, 1.54) is 31.4 Å². The molecule has 2 aromatic carbocycles. The molecular formula is C18H12Cl2N2O5. The van der Waals surface area contributed by atoms with Crippen LogP contribution in [0.5, 0.6) is 5.75 Å². The van der Waals surface area contributed by atoms with Crippen LogP contribution in [0.25, 0.3) is 11.3 Å². The van der Waals surface area contributed by atoms with Crippen molar-refractivity contribution in [1.29, 1.82) is 0 Å². The number of halogens is 2. The van der Waals surface area contributed by atoms with Crippen LogP contribution in [0.1, 0.15) is 10.6 Å². The van der Waals surface area contributed by atoms with Crippen molar-refractivity contribution >= 4 is 40.5 Å². The zero-order valence-electron chi connectivity index (χ0n) is 13.9. The minimum absolute atomic E-state index is 0.0291. The lowest BCUT2D eigenvalue weighted by molar-refractivity contribution is -0.384. The third kappa shape index (κ3) is 4.05. The number of carbonyl (C=O) groups excluding carboxylic acids is 1. The summed E-state index contributed by atoms with van der Waals surface area (Å²) >= 11 is 12.1. The van der Waals surface area contributed by atoms with E-state index in [1.807, 2.05) is 0 Å². The molecule has 0 saturated carbocycles. The third-order valence-corrected chi connectivity index (χ3v) is 4.23. The summed E-state index contributed by atoms with van der Waals surface area (Å²) in [4.78, 5) is 22.7. The Morgan fingerprint density at radius 3 is 2.63 bits per heavy atom. The Morgan fingerprint density at radius 1 is 1.15 bits per heavy atom. The number of hydrogen-bond donors (Lipinski definition) is 1. The Labute approximate surface area is 163 Å². The average molecular weight is 407 g/mol. The van der Waals surface area contributed by atoms with Gasteiger partial charge in [-0.2, -0.15) is 0 Å². The number of benzene rings is 2. The molecule has 0 radical (unpaired) electrons. The van der Waals surface area contributed by atoms with Gasteiger partial charge in [0.05, 0.1) is 28.8 Å². The second kappa shape index (κ2) is 7.69. The van der Waals surface area contributed by atoms with Crippen molar-refractivity contribution in [3.8, 4) is 17.1 Å². The lowest BCUT2D eigenvalue weighted by atomic mass is 10.2. The van der Waals surface area contributed by atoms with Gasteiger partial charge in [-0.05, 0) is 36.4 Å². The molecule has 7 nitrogen and oxygen atoms in total. The van der Waals surface area contributed by atoms with E-state index in [2.05, 4.69) is 5.32 Å². The van der Waals surface area contributed by atoms with Crippen LogP contribution in [0, 0.1) is 10.1 Å². The number of methoxy groups -OCH3 is 1. The average Bonchev–Trinajstić information content (AvgIpc) is 3.14. The van der Waals surface area contributed by atoms with Gasteiger partial charge in [0.15, 0.2) is 5.76 Å². The van der Waals surface area contributed by atoms with Gasteiger partial charge in [0.2, 0.25) is 0 Å². The van der Waals surface area contributed by atoms with Gasteiger partial charge in [-0.15, -0.1) is 0 Å². The van der Waals surface area contributed by atoms with Crippen LogP contribution in [0.15, 0.2) is 52.9 Å². The summed E-state index contributed by atoms with van der Waals surface area (Å²) in [6.45, 7) is 0. The number of ether oxygens (including phenoxy) is 1. The summed E-state index contributed by atoms with van der Waals surface area (Å²) in [5, 5.41) is 14.3. The van der Waals surface area contributed by atoms with E-state index in [-0.39, 0.29) is 22.9 Å². The zero-order chi connectivity index (χ0) is 19.6. The number of amides is 1. The van der Waals surface area contributed by atoms with Crippen molar-refractivity contribution < 1.29 is 18.9 Å². The van der Waals surface area contributed by atoms with Crippen LogP contribution in [-0.2, 0) is 0 Å². The number of nitro groups is 1. The minimum Gasteiger partial charge on any atom is -0.494 e. The predicted octanol–water partition coefficient (Wildman–Crippen LogP) is 5.42. The molecule has 0 bridgehead atoms. The molecule has 0 saturated heterocycles. The van der Waals surface area contributed by atoms with E-state index in [4.69, 9.17) is 32.4 Å². The highest BCUT2D eigenvalue weighted by Crippen LogP contribution is 2.33. The molecule has 0 spiro atoms. The maximum absolute atomic E-state index is 12.4. The van der Waals surface area contributed by atoms with Crippen molar-refractivity contribution in [2.75, 3.05) is 12.4 Å². The smallest absolute Gasteiger partial charge is 0.291 e. The standard InChI is InChI=1S/C18H12Cl2N2O5/c1-26-17-9-11(22(24)25)3-5-14(17)21-18(23)16-7-6-15(27-16)12-8-10(19)2-4-13(12)20/h2-9H,1H3,(H,21,23). The fraction of sp³-hybridized carbons (Fsp3) is 0.0556. The van der Waals surface area contributed by atoms with Crippen LogP contribution in [-0.4, -0.2) is 17.9 Å². The van der Waals surface area contributed by atoms with Gasteiger partial charge in [-0.3, -0.25) is 14.9 Å². The second-order valence-electron chi connectivity index (χ2n) is 5.38. The number of rotatable bonds is 5. The van der Waals surface area contributed by atoms with Crippen molar-refractivity contribution in [1.82, 2.24) is 0 Å². The molecular weight excluding hydrogens is 395 g/mol. The Kier molecular flexibility index (Phi) is 5.34. The second-order valence-corrected chi connectivity index (χ2v) is 6.23. The van der Waals surface area contributed by atoms with Gasteiger partial charge >= 0.3 is 0 Å². The molecule has 27 heavy (non-hydrogen) atoms. The number of nitro benzene ring substituents is 1. The maximum atomic E-state index is 12.4. The normalized spacial score (nSPS) is 10.5. The highest BCUT2D eigenvalue weighted by Gasteiger charge is 2.18. The molecule has 0 unspecified atom stereocenters. The fourth-order valence-corrected chi connectivity index (χ4v) is 2.75. The first kappa shape index (κ1) is 18.8. The topological polar surface area (TPSA) is 94.6 Å². The predicted molar refractivity (Wildman–Crippen MR) is 102 cm³/mol. The highest BCUT2D eigenvalue weighted by molar-refractivity contribution is 6.35. The molecule has 1 heterocycles. The van der Waals surface area contributed by atoms with Crippen LogP contribution in [0.2, 0.25) is 10.0 Å². The summed E-state index contributed by atoms with van der Waals surface area (Å²) in [5.41, 5.74) is 0.670. The van der Waals surface area contributed by atoms with E-state index in [1.54, 1.807) is 24.3 Å². The van der Waals surface area contributed by atoms with Crippen LogP contribution in [0.3, 0.4) is 0 Å². The maximum Gasteiger partial charge on any atom is 0.291 e. The summed E-state index contributed by atoms with van der Waals surface area (Å²) in [6, 6.07) is 11.8. The largest absolute Gasteiger partial charge is 0.494 e. The lowest BCUT2D eigenvalue weighted by Gasteiger charge is -2.09. The molecule has 0 aliphatic heterocycles. The number of anilines is 1. The van der Waals surface area contributed by atoms with Crippen molar-refractivity contribution in [2.45, 2.75) is 0 Å². The molecule has 1 aromatic heterocycles. The number of nitrogens with one attached hydrogen (secondary N) is 1. The monoisotopic (exact) mass is 406 g/mol. The minimum atomic E-state index is -0.554. The first-order valence-electron chi connectivity index (χ1n) is 7.58. The Bertz CT molecular complexity index is 1030. The third-order valence-electron chi connectivity index (χ3n) is 3.67. The van der Waals surface area contributed by atoms with Crippen molar-refractivity contribution in [3.63, 3.8) is 0 Å². The molecule has 138 valence electrons. The Hall–Kier alpha value is -3.03. The fourth-order valence-electron chi connectivity index (χ4n) is 2.37. The number of carbonyl (C=O) groups is 1. The molecule has 1 N–H and O–H groups in total. The molecule has 3 rings (SSSR count). The van der Waals surface area contributed by atoms with E-state index >= 15 is 0 Å². The van der Waals surface area contributed by atoms with E-state index in [0.717, 1.165) is 0 Å². The Morgan fingerprint density at radius 2 is 1.93 bits per heavy atom. The van der Waals surface area contributed by atoms with Gasteiger partial charge < -0.3 is 14.5 Å². The number of furan rings is 1. The van der Waals surface area contributed by atoms with Crippen LogP contribution < -0.4 is 10.1 Å². The van der Waals surface area contributed by atoms with Gasteiger partial charge in [-0.1, -0.05) is 23.2 Å². The molecule has 0 atom stereocenters. The SMILES string of the molecule is COc1cc([N+](=O)[O-])ccc1NC(=O)c1ccc(-c2cc(Cl)ccc2Cl)o1. The number of nitrogens with zero attached hydrogens (tertiary/aromatic N) is 1. The van der Waals surface area contributed by atoms with Gasteiger partial charge in [0.25, 0.3) is 11.6 Å². The van der Waals surface area contributed by atoms with Gasteiger partial charge in [0, 0.05) is 16.7 Å². The van der Waals surface area contributed by atoms with E-state index in [0.29, 0.717) is 21.4 Å².